The average molecular weight is 350 g/mol. The quantitative estimate of drug-likeness (QED) is 0.837. The Bertz CT molecular complexity index is 681. The number of sulfonamides is 1. The van der Waals surface area contributed by atoms with Crippen molar-refractivity contribution in [2.45, 2.75) is 43.9 Å². The monoisotopic (exact) mass is 350 g/mol. The van der Waals surface area contributed by atoms with Crippen LogP contribution in [0.5, 0.6) is 0 Å². The molecule has 5 nitrogen and oxygen atoms in total. The molecule has 1 saturated carbocycles. The molecule has 0 N–H and O–H groups in total. The van der Waals surface area contributed by atoms with Crippen molar-refractivity contribution >= 4 is 15.9 Å². The second-order valence-electron chi connectivity index (χ2n) is 6.71. The van der Waals surface area contributed by atoms with Gasteiger partial charge in [-0.1, -0.05) is 25.5 Å². The van der Waals surface area contributed by atoms with Gasteiger partial charge in [0.25, 0.3) is 0 Å². The van der Waals surface area contributed by atoms with Crippen LogP contribution in [0.2, 0.25) is 0 Å². The van der Waals surface area contributed by atoms with Crippen molar-refractivity contribution in [2.75, 3.05) is 26.2 Å². The van der Waals surface area contributed by atoms with E-state index in [9.17, 15) is 13.2 Å². The number of hydrogen-bond donors (Lipinski definition) is 0. The second-order valence-corrected chi connectivity index (χ2v) is 8.65. The van der Waals surface area contributed by atoms with E-state index in [2.05, 4.69) is 0 Å². The molecule has 6 heteroatoms. The van der Waals surface area contributed by atoms with Gasteiger partial charge in [0.05, 0.1) is 4.90 Å². The lowest BCUT2D eigenvalue weighted by atomic mass is 9.84. The first-order valence-electron chi connectivity index (χ1n) is 8.90. The molecule has 0 radical (unpaired) electrons. The van der Waals surface area contributed by atoms with Gasteiger partial charge in [-0.3, -0.25) is 4.79 Å². The van der Waals surface area contributed by atoms with Gasteiger partial charge in [-0.2, -0.15) is 4.31 Å². The highest BCUT2D eigenvalue weighted by Gasteiger charge is 2.32. The van der Waals surface area contributed by atoms with Gasteiger partial charge in [-0.15, -0.1) is 0 Å². The lowest BCUT2D eigenvalue weighted by Crippen LogP contribution is -2.41. The molecule has 2 aliphatic rings. The molecule has 1 heterocycles. The van der Waals surface area contributed by atoms with Crippen molar-refractivity contribution in [3.8, 4) is 0 Å². The molecule has 1 saturated heterocycles. The van der Waals surface area contributed by atoms with E-state index in [0.29, 0.717) is 37.5 Å². The van der Waals surface area contributed by atoms with Crippen LogP contribution >= 0.6 is 0 Å². The van der Waals surface area contributed by atoms with Crippen molar-refractivity contribution < 1.29 is 13.2 Å². The molecule has 1 amide bonds. The Hall–Kier alpha value is -1.40. The van der Waals surface area contributed by atoms with Crippen molar-refractivity contribution in [3.63, 3.8) is 0 Å². The number of amides is 1. The highest BCUT2D eigenvalue weighted by atomic mass is 32.2. The molecule has 1 aromatic carbocycles. The number of hydrogen-bond acceptors (Lipinski definition) is 3. The molecule has 0 bridgehead atoms. The fourth-order valence-electron chi connectivity index (χ4n) is 3.31. The predicted molar refractivity (Wildman–Crippen MR) is 93.1 cm³/mol. The number of benzene rings is 1. The first-order chi connectivity index (χ1) is 11.5. The number of nitrogens with zero attached hydrogens (tertiary/aromatic N) is 2. The van der Waals surface area contributed by atoms with Crippen LogP contribution in [0.3, 0.4) is 0 Å². The van der Waals surface area contributed by atoms with E-state index in [4.69, 9.17) is 0 Å². The maximum absolute atomic E-state index is 12.8. The normalized spacial score (nSPS) is 20.5. The maximum atomic E-state index is 12.8. The number of carbonyl (C=O) groups excluding carboxylic acids is 1. The van der Waals surface area contributed by atoms with Gasteiger partial charge in [0.2, 0.25) is 15.9 Å². The summed E-state index contributed by atoms with van der Waals surface area (Å²) in [6.07, 6.45) is 4.70. The molecule has 0 unspecified atom stereocenters. The van der Waals surface area contributed by atoms with E-state index in [0.717, 1.165) is 31.2 Å². The largest absolute Gasteiger partial charge is 0.341 e. The van der Waals surface area contributed by atoms with Crippen LogP contribution in [-0.2, 0) is 21.2 Å². The summed E-state index contributed by atoms with van der Waals surface area (Å²) >= 11 is 0. The number of carbonyl (C=O) groups is 1. The lowest BCUT2D eigenvalue weighted by molar-refractivity contribution is -0.138. The van der Waals surface area contributed by atoms with Gasteiger partial charge in [0, 0.05) is 32.1 Å². The smallest absolute Gasteiger partial charge is 0.243 e. The fraction of sp³-hybridized carbons (Fsp3) is 0.611. The summed E-state index contributed by atoms with van der Waals surface area (Å²) < 4.78 is 27.2. The molecule has 1 aliphatic carbocycles. The lowest BCUT2D eigenvalue weighted by Gasteiger charge is -2.31. The Morgan fingerprint density at radius 3 is 2.33 bits per heavy atom. The Labute approximate surface area is 144 Å². The van der Waals surface area contributed by atoms with Gasteiger partial charge in [-0.25, -0.2) is 8.42 Å². The Morgan fingerprint density at radius 2 is 1.75 bits per heavy atom. The fourth-order valence-corrected chi connectivity index (χ4v) is 4.78. The second kappa shape index (κ2) is 7.23. The van der Waals surface area contributed by atoms with E-state index < -0.39 is 10.0 Å². The van der Waals surface area contributed by atoms with Crippen LogP contribution in [0.25, 0.3) is 0 Å². The maximum Gasteiger partial charge on any atom is 0.243 e. The van der Waals surface area contributed by atoms with Crippen LogP contribution < -0.4 is 0 Å². The van der Waals surface area contributed by atoms with Crippen LogP contribution in [-0.4, -0.2) is 49.7 Å². The van der Waals surface area contributed by atoms with Gasteiger partial charge in [0.15, 0.2) is 0 Å². The van der Waals surface area contributed by atoms with Gasteiger partial charge < -0.3 is 4.90 Å². The molecule has 1 aliphatic heterocycles. The van der Waals surface area contributed by atoms with E-state index in [1.54, 1.807) is 12.1 Å². The highest BCUT2D eigenvalue weighted by Crippen LogP contribution is 2.29. The van der Waals surface area contributed by atoms with Gasteiger partial charge >= 0.3 is 0 Å². The molecule has 1 aromatic rings. The third-order valence-corrected chi connectivity index (χ3v) is 7.10. The zero-order valence-corrected chi connectivity index (χ0v) is 15.1. The zero-order chi connectivity index (χ0) is 17.2. The first kappa shape index (κ1) is 17.4. The Kier molecular flexibility index (Phi) is 5.25. The SMILES string of the molecule is CCc1ccc(S(=O)(=O)N2CCCN(C(=O)C3CCC3)CC2)cc1. The summed E-state index contributed by atoms with van der Waals surface area (Å²) in [7, 11) is -3.48. The molecule has 132 valence electrons. The van der Waals surface area contributed by atoms with E-state index >= 15 is 0 Å². The van der Waals surface area contributed by atoms with Crippen molar-refractivity contribution in [3.05, 3.63) is 29.8 Å². The summed E-state index contributed by atoms with van der Waals surface area (Å²) in [5.41, 5.74) is 1.13. The van der Waals surface area contributed by atoms with E-state index in [-0.39, 0.29) is 11.8 Å². The number of aryl methyl sites for hydroxylation is 1. The number of rotatable bonds is 4. The van der Waals surface area contributed by atoms with Crippen molar-refractivity contribution in [2.24, 2.45) is 5.92 Å². The molecule has 24 heavy (non-hydrogen) atoms. The Balaban J connectivity index is 1.68. The van der Waals surface area contributed by atoms with Crippen LogP contribution in [0.15, 0.2) is 29.2 Å². The minimum absolute atomic E-state index is 0.176. The summed E-state index contributed by atoms with van der Waals surface area (Å²) in [5, 5.41) is 0. The summed E-state index contributed by atoms with van der Waals surface area (Å²) in [6, 6.07) is 7.13. The van der Waals surface area contributed by atoms with E-state index in [1.807, 2.05) is 24.0 Å². The van der Waals surface area contributed by atoms with Gasteiger partial charge in [-0.05, 0) is 43.4 Å². The standard InChI is InChI=1S/C18H26N2O3S/c1-2-15-7-9-17(10-8-15)24(22,23)20-12-4-11-19(13-14-20)18(21)16-5-3-6-16/h7-10,16H,2-6,11-14H2,1H3. The van der Waals surface area contributed by atoms with Crippen molar-refractivity contribution in [1.29, 1.82) is 0 Å². The molecule has 2 fully saturated rings. The predicted octanol–water partition coefficient (Wildman–Crippen LogP) is 2.27. The Morgan fingerprint density at radius 1 is 1.04 bits per heavy atom. The van der Waals surface area contributed by atoms with Crippen LogP contribution in [0.1, 0.15) is 38.2 Å². The van der Waals surface area contributed by atoms with Crippen LogP contribution in [0, 0.1) is 5.92 Å². The van der Waals surface area contributed by atoms with E-state index in [1.165, 1.54) is 4.31 Å². The minimum atomic E-state index is -3.48. The third kappa shape index (κ3) is 3.49. The zero-order valence-electron chi connectivity index (χ0n) is 14.3. The van der Waals surface area contributed by atoms with Gasteiger partial charge in [0.1, 0.15) is 0 Å². The third-order valence-electron chi connectivity index (χ3n) is 5.19. The molecular formula is C18H26N2O3S. The molecular weight excluding hydrogens is 324 g/mol. The summed E-state index contributed by atoms with van der Waals surface area (Å²) in [4.78, 5) is 14.6. The summed E-state index contributed by atoms with van der Waals surface area (Å²) in [5.74, 6) is 0.391. The van der Waals surface area contributed by atoms with Crippen molar-refractivity contribution in [1.82, 2.24) is 9.21 Å². The average Bonchev–Trinajstić information content (AvgIpc) is 2.80. The minimum Gasteiger partial charge on any atom is -0.341 e. The molecule has 0 aromatic heterocycles. The molecule has 0 spiro atoms. The molecule has 0 atom stereocenters. The first-order valence-corrected chi connectivity index (χ1v) is 10.3. The topological polar surface area (TPSA) is 57.7 Å². The highest BCUT2D eigenvalue weighted by molar-refractivity contribution is 7.89. The van der Waals surface area contributed by atoms with Crippen LogP contribution in [0.4, 0.5) is 0 Å². The molecule has 3 rings (SSSR count). The summed E-state index contributed by atoms with van der Waals surface area (Å²) in [6.45, 7) is 4.08.